The van der Waals surface area contributed by atoms with Crippen LogP contribution in [0.25, 0.3) is 10.9 Å². The zero-order chi connectivity index (χ0) is 14.1. The first kappa shape index (κ1) is 12.5. The fourth-order valence-corrected chi connectivity index (χ4v) is 2.62. The van der Waals surface area contributed by atoms with Crippen LogP contribution in [0.4, 0.5) is 11.4 Å². The number of para-hydroxylation sites is 1. The third-order valence-electron chi connectivity index (χ3n) is 3.65. The number of benzene rings is 2. The number of carbonyl (C=O) groups is 1. The molecule has 3 nitrogen and oxygen atoms in total. The molecule has 1 aromatic heterocycles. The van der Waals surface area contributed by atoms with E-state index in [-0.39, 0.29) is 0 Å². The van der Waals surface area contributed by atoms with Gasteiger partial charge in [-0.2, -0.15) is 0 Å². The molecule has 100 valence electrons. The molecule has 3 heteroatoms. The first-order valence-electron chi connectivity index (χ1n) is 6.54. The Bertz CT molecular complexity index is 759. The van der Waals surface area contributed by atoms with E-state index in [1.165, 1.54) is 0 Å². The Hall–Kier alpha value is -2.55. The number of rotatable bonds is 3. The fraction of sp³-hybridized carbons (Fsp3) is 0.118. The Morgan fingerprint density at radius 1 is 1.05 bits per heavy atom. The molecule has 0 fully saturated rings. The molecule has 20 heavy (non-hydrogen) atoms. The van der Waals surface area contributed by atoms with E-state index in [4.69, 9.17) is 0 Å². The van der Waals surface area contributed by atoms with E-state index >= 15 is 0 Å². The van der Waals surface area contributed by atoms with E-state index in [9.17, 15) is 4.79 Å². The average molecular weight is 264 g/mol. The van der Waals surface area contributed by atoms with Crippen LogP contribution in [-0.2, 0) is 7.05 Å². The van der Waals surface area contributed by atoms with E-state index in [1.54, 1.807) is 0 Å². The summed E-state index contributed by atoms with van der Waals surface area (Å²) < 4.78 is 1.99. The van der Waals surface area contributed by atoms with Crippen molar-refractivity contribution < 1.29 is 4.79 Å². The number of aldehydes is 1. The number of anilines is 2. The number of aromatic nitrogens is 1. The van der Waals surface area contributed by atoms with Gasteiger partial charge in [-0.3, -0.25) is 4.79 Å². The Balaban J connectivity index is 2.24. The third kappa shape index (κ3) is 1.88. The molecule has 0 aliphatic rings. The quantitative estimate of drug-likeness (QED) is 0.673. The number of hydrogen-bond acceptors (Lipinski definition) is 2. The SMILES string of the molecule is CN(c1ccccc1)c1cccc2c1c(C=O)cn2C. The van der Waals surface area contributed by atoms with Gasteiger partial charge in [-0.05, 0) is 24.3 Å². The highest BCUT2D eigenvalue weighted by atomic mass is 16.1. The minimum absolute atomic E-state index is 0.723. The number of carbonyl (C=O) groups excluding carboxylic acids is 1. The van der Waals surface area contributed by atoms with Crippen LogP contribution in [0.1, 0.15) is 10.4 Å². The molecule has 3 rings (SSSR count). The van der Waals surface area contributed by atoms with Gasteiger partial charge in [-0.1, -0.05) is 24.3 Å². The van der Waals surface area contributed by atoms with Crippen molar-refractivity contribution in [2.45, 2.75) is 0 Å². The van der Waals surface area contributed by atoms with Crippen LogP contribution in [0.3, 0.4) is 0 Å². The first-order valence-corrected chi connectivity index (χ1v) is 6.54. The maximum Gasteiger partial charge on any atom is 0.152 e. The van der Waals surface area contributed by atoms with Crippen LogP contribution in [0.2, 0.25) is 0 Å². The molecule has 0 bridgehead atoms. The van der Waals surface area contributed by atoms with Crippen LogP contribution in [0.5, 0.6) is 0 Å². The molecule has 0 saturated heterocycles. The molecule has 0 saturated carbocycles. The van der Waals surface area contributed by atoms with Gasteiger partial charge in [-0.25, -0.2) is 0 Å². The molecule has 0 spiro atoms. The van der Waals surface area contributed by atoms with Gasteiger partial charge in [0.25, 0.3) is 0 Å². The molecule has 1 heterocycles. The van der Waals surface area contributed by atoms with Crippen LogP contribution >= 0.6 is 0 Å². The van der Waals surface area contributed by atoms with Crippen molar-refractivity contribution in [3.05, 3.63) is 60.3 Å². The van der Waals surface area contributed by atoms with Crippen molar-refractivity contribution in [1.82, 2.24) is 4.57 Å². The largest absolute Gasteiger partial charge is 0.350 e. The van der Waals surface area contributed by atoms with Crippen molar-refractivity contribution >= 4 is 28.6 Å². The van der Waals surface area contributed by atoms with E-state index < -0.39 is 0 Å². The molecular formula is C17H16N2O. The van der Waals surface area contributed by atoms with Gasteiger partial charge in [0.05, 0.1) is 11.2 Å². The Kier molecular flexibility index (Phi) is 3.03. The van der Waals surface area contributed by atoms with Gasteiger partial charge in [-0.15, -0.1) is 0 Å². The summed E-state index contributed by atoms with van der Waals surface area (Å²) in [6.45, 7) is 0. The molecular weight excluding hydrogens is 248 g/mol. The number of hydrogen-bond donors (Lipinski definition) is 0. The monoisotopic (exact) mass is 264 g/mol. The van der Waals surface area contributed by atoms with Crippen molar-refractivity contribution in [2.24, 2.45) is 7.05 Å². The predicted octanol–water partition coefficient (Wildman–Crippen LogP) is 3.76. The third-order valence-corrected chi connectivity index (χ3v) is 3.65. The van der Waals surface area contributed by atoms with Gasteiger partial charge < -0.3 is 9.47 Å². The van der Waals surface area contributed by atoms with Gasteiger partial charge >= 0.3 is 0 Å². The van der Waals surface area contributed by atoms with Crippen LogP contribution in [-0.4, -0.2) is 17.9 Å². The molecule has 0 aliphatic carbocycles. The summed E-state index contributed by atoms with van der Waals surface area (Å²) >= 11 is 0. The second kappa shape index (κ2) is 4.85. The van der Waals surface area contributed by atoms with Crippen LogP contribution in [0.15, 0.2) is 54.7 Å². The summed E-state index contributed by atoms with van der Waals surface area (Å²) in [5.74, 6) is 0. The van der Waals surface area contributed by atoms with Crippen molar-refractivity contribution in [2.75, 3.05) is 11.9 Å². The minimum atomic E-state index is 0.723. The lowest BCUT2D eigenvalue weighted by Gasteiger charge is -2.20. The van der Waals surface area contributed by atoms with Crippen LogP contribution < -0.4 is 4.90 Å². The number of nitrogens with zero attached hydrogens (tertiary/aromatic N) is 2. The summed E-state index contributed by atoms with van der Waals surface area (Å²) in [5.41, 5.74) is 3.92. The summed E-state index contributed by atoms with van der Waals surface area (Å²) in [5, 5.41) is 0.997. The molecule has 0 N–H and O–H groups in total. The molecule has 0 radical (unpaired) electrons. The highest BCUT2D eigenvalue weighted by Gasteiger charge is 2.13. The lowest BCUT2D eigenvalue weighted by molar-refractivity contribution is 0.112. The summed E-state index contributed by atoms with van der Waals surface area (Å²) in [6, 6.07) is 16.2. The van der Waals surface area contributed by atoms with Crippen molar-refractivity contribution in [3.8, 4) is 0 Å². The lowest BCUT2D eigenvalue weighted by atomic mass is 10.1. The predicted molar refractivity (Wildman–Crippen MR) is 82.8 cm³/mol. The Morgan fingerprint density at radius 3 is 2.50 bits per heavy atom. The second-order valence-electron chi connectivity index (χ2n) is 4.88. The lowest BCUT2D eigenvalue weighted by Crippen LogP contribution is -2.09. The number of fused-ring (bicyclic) bond motifs is 1. The molecule has 2 aromatic carbocycles. The molecule has 3 aromatic rings. The average Bonchev–Trinajstić information content (AvgIpc) is 2.84. The molecule has 0 aliphatic heterocycles. The number of aryl methyl sites for hydroxylation is 1. The zero-order valence-corrected chi connectivity index (χ0v) is 11.6. The fourth-order valence-electron chi connectivity index (χ4n) is 2.62. The smallest absolute Gasteiger partial charge is 0.152 e. The van der Waals surface area contributed by atoms with E-state index in [0.29, 0.717) is 0 Å². The van der Waals surface area contributed by atoms with Crippen molar-refractivity contribution in [3.63, 3.8) is 0 Å². The van der Waals surface area contributed by atoms with Gasteiger partial charge in [0.1, 0.15) is 0 Å². The Morgan fingerprint density at radius 2 is 1.80 bits per heavy atom. The summed E-state index contributed by atoms with van der Waals surface area (Å²) in [7, 11) is 3.98. The van der Waals surface area contributed by atoms with E-state index in [2.05, 4.69) is 17.0 Å². The highest BCUT2D eigenvalue weighted by molar-refractivity contribution is 6.05. The second-order valence-corrected chi connectivity index (χ2v) is 4.88. The molecule has 0 amide bonds. The molecule has 0 atom stereocenters. The van der Waals surface area contributed by atoms with E-state index in [0.717, 1.165) is 34.1 Å². The summed E-state index contributed by atoms with van der Waals surface area (Å²) in [6.07, 6.45) is 2.80. The maximum absolute atomic E-state index is 11.3. The van der Waals surface area contributed by atoms with Crippen LogP contribution in [0, 0.1) is 0 Å². The summed E-state index contributed by atoms with van der Waals surface area (Å²) in [4.78, 5) is 13.4. The molecule has 0 unspecified atom stereocenters. The topological polar surface area (TPSA) is 25.2 Å². The Labute approximate surface area is 118 Å². The normalized spacial score (nSPS) is 10.7. The minimum Gasteiger partial charge on any atom is -0.350 e. The van der Waals surface area contributed by atoms with Gasteiger partial charge in [0.15, 0.2) is 6.29 Å². The van der Waals surface area contributed by atoms with Gasteiger partial charge in [0.2, 0.25) is 0 Å². The standard InChI is InChI=1S/C17H16N2O/c1-18-11-13(12-20)17-15(18)9-6-10-16(17)19(2)14-7-4-3-5-8-14/h3-12H,1-2H3. The van der Waals surface area contributed by atoms with Crippen molar-refractivity contribution in [1.29, 1.82) is 0 Å². The first-order chi connectivity index (χ1) is 9.72. The van der Waals surface area contributed by atoms with Gasteiger partial charge in [0, 0.05) is 36.9 Å². The maximum atomic E-state index is 11.3. The van der Waals surface area contributed by atoms with E-state index in [1.807, 2.05) is 61.3 Å². The highest BCUT2D eigenvalue weighted by Crippen LogP contribution is 2.33. The zero-order valence-electron chi connectivity index (χ0n) is 11.6.